The van der Waals surface area contributed by atoms with Crippen molar-refractivity contribution in [3.63, 3.8) is 0 Å². The van der Waals surface area contributed by atoms with Gasteiger partial charge in [0.1, 0.15) is 0 Å². The number of amides is 1. The Kier molecular flexibility index (Phi) is 6.14. The lowest BCUT2D eigenvalue weighted by Crippen LogP contribution is -2.51. The molecule has 5 nitrogen and oxygen atoms in total. The molecule has 0 aliphatic carbocycles. The molecule has 0 bridgehead atoms. The van der Waals surface area contributed by atoms with Crippen molar-refractivity contribution in [2.45, 2.75) is 19.8 Å². The normalized spacial score (nSPS) is 21.1. The van der Waals surface area contributed by atoms with E-state index in [0.29, 0.717) is 19.1 Å². The van der Waals surface area contributed by atoms with Gasteiger partial charge in [-0.2, -0.15) is 0 Å². The minimum absolute atomic E-state index is 0.136. The zero-order valence-electron chi connectivity index (χ0n) is 12.8. The molecule has 3 rings (SSSR count). The fourth-order valence-electron chi connectivity index (χ4n) is 2.65. The molecule has 0 saturated carbocycles. The predicted molar refractivity (Wildman–Crippen MR) is 81.8 cm³/mol. The summed E-state index contributed by atoms with van der Waals surface area (Å²) in [5.74, 6) is 0.326. The van der Waals surface area contributed by atoms with Gasteiger partial charge in [0.2, 0.25) is 5.91 Å². The van der Waals surface area contributed by atoms with Crippen molar-refractivity contribution in [1.29, 1.82) is 0 Å². The van der Waals surface area contributed by atoms with E-state index in [2.05, 4.69) is 17.2 Å². The number of rotatable bonds is 1. The highest BCUT2D eigenvalue weighted by Crippen LogP contribution is 2.30. The van der Waals surface area contributed by atoms with E-state index in [1.807, 2.05) is 23.1 Å². The van der Waals surface area contributed by atoms with Crippen LogP contribution < -0.4 is 5.32 Å². The number of nitrogens with one attached hydrogen (secondary N) is 1. The number of ether oxygens (including phenoxy) is 1. The number of carbonyl (C=O) groups excluding carboxylic acids is 1. The maximum absolute atomic E-state index is 12.3. The van der Waals surface area contributed by atoms with Crippen molar-refractivity contribution in [2.24, 2.45) is 5.41 Å². The number of aromatic nitrogens is 1. The van der Waals surface area contributed by atoms with Crippen LogP contribution in [0.15, 0.2) is 30.6 Å². The molecular formula is C16H25N3O2. The Morgan fingerprint density at radius 3 is 2.24 bits per heavy atom. The molecule has 2 fully saturated rings. The predicted octanol–water partition coefficient (Wildman–Crippen LogP) is 1.32. The molecule has 2 aliphatic heterocycles. The Balaban J connectivity index is 0.000000225. The van der Waals surface area contributed by atoms with E-state index >= 15 is 0 Å². The third-order valence-corrected chi connectivity index (χ3v) is 4.09. The fourth-order valence-corrected chi connectivity index (χ4v) is 2.65. The minimum atomic E-state index is -0.136. The third kappa shape index (κ3) is 4.79. The van der Waals surface area contributed by atoms with Gasteiger partial charge in [-0.05, 0) is 38.1 Å². The number of pyridine rings is 1. The number of carbonyl (C=O) groups is 1. The van der Waals surface area contributed by atoms with Gasteiger partial charge in [0.25, 0.3) is 0 Å². The summed E-state index contributed by atoms with van der Waals surface area (Å²) in [6.45, 7) is 6.95. The molecule has 1 aromatic rings. The van der Waals surface area contributed by atoms with Crippen LogP contribution in [0.2, 0.25) is 0 Å². The van der Waals surface area contributed by atoms with Crippen LogP contribution in [-0.2, 0) is 9.53 Å². The minimum Gasteiger partial charge on any atom is -0.378 e. The molecular weight excluding hydrogens is 266 g/mol. The maximum atomic E-state index is 12.3. The molecule has 1 aromatic heterocycles. The van der Waals surface area contributed by atoms with E-state index in [-0.39, 0.29) is 5.41 Å². The van der Waals surface area contributed by atoms with E-state index in [1.165, 1.54) is 0 Å². The smallest absolute Gasteiger partial charge is 0.228 e. The first-order chi connectivity index (χ1) is 10.2. The summed E-state index contributed by atoms with van der Waals surface area (Å²) in [7, 11) is 0. The fraction of sp³-hybridized carbons (Fsp3) is 0.625. The molecule has 2 aliphatic rings. The first kappa shape index (κ1) is 15.9. The molecule has 2 saturated heterocycles. The average Bonchev–Trinajstić information content (AvgIpc) is 2.58. The van der Waals surface area contributed by atoms with Crippen LogP contribution in [0.3, 0.4) is 0 Å². The highest BCUT2D eigenvalue weighted by molar-refractivity contribution is 5.82. The molecule has 5 heteroatoms. The second kappa shape index (κ2) is 8.10. The zero-order valence-corrected chi connectivity index (χ0v) is 12.8. The van der Waals surface area contributed by atoms with Crippen molar-refractivity contribution >= 4 is 5.91 Å². The molecule has 0 atom stereocenters. The molecule has 0 spiro atoms. The van der Waals surface area contributed by atoms with E-state index in [4.69, 9.17) is 4.74 Å². The molecule has 0 radical (unpaired) electrons. The summed E-state index contributed by atoms with van der Waals surface area (Å²) in [6.07, 6.45) is 5.42. The van der Waals surface area contributed by atoms with Gasteiger partial charge < -0.3 is 15.0 Å². The van der Waals surface area contributed by atoms with Crippen LogP contribution in [0.1, 0.15) is 19.8 Å². The monoisotopic (exact) mass is 291 g/mol. The second-order valence-corrected chi connectivity index (χ2v) is 5.74. The standard InChI is InChI=1S/C11H20N2O2.C5H5N/c1-11(2-4-12-5-3-11)10(14)13-6-8-15-9-7-13;1-2-4-6-5-3-1/h12H,2-9H2,1H3;1-5H. The van der Waals surface area contributed by atoms with Gasteiger partial charge in [-0.1, -0.05) is 13.0 Å². The molecule has 21 heavy (non-hydrogen) atoms. The quantitative estimate of drug-likeness (QED) is 0.848. The van der Waals surface area contributed by atoms with Crippen molar-refractivity contribution in [3.8, 4) is 0 Å². The topological polar surface area (TPSA) is 54.5 Å². The van der Waals surface area contributed by atoms with Gasteiger partial charge in [-0.15, -0.1) is 0 Å². The number of hydrogen-bond donors (Lipinski definition) is 1. The first-order valence-electron chi connectivity index (χ1n) is 7.65. The van der Waals surface area contributed by atoms with E-state index in [0.717, 1.165) is 39.0 Å². The summed E-state index contributed by atoms with van der Waals surface area (Å²) in [4.78, 5) is 18.1. The van der Waals surface area contributed by atoms with Crippen LogP contribution in [0.25, 0.3) is 0 Å². The van der Waals surface area contributed by atoms with Crippen LogP contribution in [0, 0.1) is 5.41 Å². The molecule has 1 amide bonds. The lowest BCUT2D eigenvalue weighted by atomic mass is 9.79. The van der Waals surface area contributed by atoms with Crippen LogP contribution in [0.4, 0.5) is 0 Å². The van der Waals surface area contributed by atoms with Gasteiger partial charge >= 0.3 is 0 Å². The molecule has 116 valence electrons. The lowest BCUT2D eigenvalue weighted by molar-refractivity contribution is -0.146. The Labute approximate surface area is 126 Å². The SMILES string of the molecule is CC1(C(=O)N2CCOCC2)CCNCC1.c1ccncc1. The zero-order chi connectivity index (χ0) is 15.0. The summed E-state index contributed by atoms with van der Waals surface area (Å²) < 4.78 is 5.26. The van der Waals surface area contributed by atoms with Crippen molar-refractivity contribution < 1.29 is 9.53 Å². The summed E-state index contributed by atoms with van der Waals surface area (Å²) in [5.41, 5.74) is -0.136. The van der Waals surface area contributed by atoms with Gasteiger partial charge in [0.15, 0.2) is 0 Å². The van der Waals surface area contributed by atoms with E-state index in [9.17, 15) is 4.79 Å². The molecule has 3 heterocycles. The number of piperidine rings is 1. The van der Waals surface area contributed by atoms with Crippen molar-refractivity contribution in [2.75, 3.05) is 39.4 Å². The number of nitrogens with zero attached hydrogens (tertiary/aromatic N) is 2. The van der Waals surface area contributed by atoms with Crippen LogP contribution in [0.5, 0.6) is 0 Å². The van der Waals surface area contributed by atoms with Crippen LogP contribution in [-0.4, -0.2) is 55.2 Å². The van der Waals surface area contributed by atoms with E-state index < -0.39 is 0 Å². The Hall–Kier alpha value is -1.46. The third-order valence-electron chi connectivity index (χ3n) is 4.09. The number of hydrogen-bond acceptors (Lipinski definition) is 4. The Bertz CT molecular complexity index is 386. The highest BCUT2D eigenvalue weighted by Gasteiger charge is 2.37. The second-order valence-electron chi connectivity index (χ2n) is 5.74. The van der Waals surface area contributed by atoms with Crippen LogP contribution >= 0.6 is 0 Å². The van der Waals surface area contributed by atoms with Gasteiger partial charge in [-0.3, -0.25) is 9.78 Å². The highest BCUT2D eigenvalue weighted by atomic mass is 16.5. The summed E-state index contributed by atoms with van der Waals surface area (Å²) in [5, 5.41) is 3.30. The van der Waals surface area contributed by atoms with Gasteiger partial charge in [0.05, 0.1) is 13.2 Å². The van der Waals surface area contributed by atoms with Crippen molar-refractivity contribution in [1.82, 2.24) is 15.2 Å². The first-order valence-corrected chi connectivity index (χ1v) is 7.65. The summed E-state index contributed by atoms with van der Waals surface area (Å²) >= 11 is 0. The Morgan fingerprint density at radius 1 is 1.14 bits per heavy atom. The van der Waals surface area contributed by atoms with Gasteiger partial charge in [-0.25, -0.2) is 0 Å². The van der Waals surface area contributed by atoms with Crippen molar-refractivity contribution in [3.05, 3.63) is 30.6 Å². The Morgan fingerprint density at radius 2 is 1.76 bits per heavy atom. The van der Waals surface area contributed by atoms with Gasteiger partial charge in [0, 0.05) is 30.9 Å². The lowest BCUT2D eigenvalue weighted by Gasteiger charge is -2.38. The molecule has 0 unspecified atom stereocenters. The largest absolute Gasteiger partial charge is 0.378 e. The number of morpholine rings is 1. The van der Waals surface area contributed by atoms with E-state index in [1.54, 1.807) is 12.4 Å². The average molecular weight is 291 g/mol. The molecule has 0 aromatic carbocycles. The maximum Gasteiger partial charge on any atom is 0.228 e. The summed E-state index contributed by atoms with van der Waals surface area (Å²) in [6, 6.07) is 5.72. The molecule has 1 N–H and O–H groups in total.